The smallest absolute Gasteiger partial charge is 0.341 e. The molecule has 3 aromatic heterocycles. The number of halogens is 1. The van der Waals surface area contributed by atoms with Gasteiger partial charge in [0.05, 0.1) is 12.0 Å². The quantitative estimate of drug-likeness (QED) is 0.335. The summed E-state index contributed by atoms with van der Waals surface area (Å²) < 4.78 is 21.9. The molecule has 34 heavy (non-hydrogen) atoms. The highest BCUT2D eigenvalue weighted by atomic mass is 19.1. The summed E-state index contributed by atoms with van der Waals surface area (Å²) >= 11 is 0. The van der Waals surface area contributed by atoms with E-state index in [1.807, 2.05) is 19.9 Å². The number of pyridine rings is 2. The molecule has 1 amide bonds. The van der Waals surface area contributed by atoms with Crippen LogP contribution in [0.15, 0.2) is 58.4 Å². The maximum Gasteiger partial charge on any atom is 0.341 e. The molecule has 0 saturated carbocycles. The molecule has 0 spiro atoms. The molecule has 1 aromatic carbocycles. The van der Waals surface area contributed by atoms with E-state index < -0.39 is 17.7 Å². The van der Waals surface area contributed by atoms with Crippen molar-refractivity contribution in [3.05, 3.63) is 87.0 Å². The zero-order valence-electron chi connectivity index (χ0n) is 19.0. The van der Waals surface area contributed by atoms with Crippen molar-refractivity contribution >= 4 is 28.6 Å². The zero-order valence-corrected chi connectivity index (χ0v) is 19.0. The number of carbonyl (C=O) groups is 2. The van der Waals surface area contributed by atoms with Crippen LogP contribution in [0.25, 0.3) is 16.7 Å². The van der Waals surface area contributed by atoms with Crippen molar-refractivity contribution < 1.29 is 18.7 Å². The molecule has 0 N–H and O–H groups in total. The third-order valence-corrected chi connectivity index (χ3v) is 5.33. The van der Waals surface area contributed by atoms with Gasteiger partial charge in [0.2, 0.25) is 0 Å². The third-order valence-electron chi connectivity index (χ3n) is 5.33. The van der Waals surface area contributed by atoms with Gasteiger partial charge in [-0.05, 0) is 56.2 Å². The van der Waals surface area contributed by atoms with E-state index in [9.17, 15) is 18.8 Å². The molecule has 0 aliphatic heterocycles. The Hall–Kier alpha value is -4.14. The average molecular weight is 462 g/mol. The minimum Gasteiger partial charge on any atom is -0.462 e. The highest BCUT2D eigenvalue weighted by Gasteiger charge is 2.20. The van der Waals surface area contributed by atoms with E-state index in [-0.39, 0.29) is 34.2 Å². The lowest BCUT2D eigenvalue weighted by molar-refractivity contribution is 0.0523. The largest absolute Gasteiger partial charge is 0.462 e. The lowest BCUT2D eigenvalue weighted by Gasteiger charge is -2.15. The molecular weight excluding hydrogens is 439 g/mol. The Bertz CT molecular complexity index is 1570. The van der Waals surface area contributed by atoms with Gasteiger partial charge in [-0.2, -0.15) is 4.99 Å². The highest BCUT2D eigenvalue weighted by molar-refractivity contribution is 5.97. The maximum absolute atomic E-state index is 13.7. The van der Waals surface area contributed by atoms with Crippen molar-refractivity contribution in [3.8, 4) is 0 Å². The SMILES string of the molecule is CCCn1c(=NC(=O)c2cccc(F)c2)c(C(=O)OCC)cc2c(=O)n3cccc(C)c3nc21. The molecule has 4 rings (SSSR count). The van der Waals surface area contributed by atoms with Crippen molar-refractivity contribution in [2.45, 2.75) is 33.7 Å². The predicted molar refractivity (Wildman–Crippen MR) is 124 cm³/mol. The van der Waals surface area contributed by atoms with E-state index in [2.05, 4.69) is 4.99 Å². The third kappa shape index (κ3) is 4.12. The summed E-state index contributed by atoms with van der Waals surface area (Å²) in [7, 11) is 0. The summed E-state index contributed by atoms with van der Waals surface area (Å²) in [4.78, 5) is 48.0. The first-order valence-corrected chi connectivity index (χ1v) is 10.9. The van der Waals surface area contributed by atoms with Gasteiger partial charge in [-0.1, -0.05) is 19.1 Å². The molecule has 9 heteroatoms. The number of aryl methyl sites for hydroxylation is 2. The lowest BCUT2D eigenvalue weighted by Crippen LogP contribution is -2.33. The Morgan fingerprint density at radius 2 is 1.91 bits per heavy atom. The zero-order chi connectivity index (χ0) is 24.4. The second kappa shape index (κ2) is 9.38. The summed E-state index contributed by atoms with van der Waals surface area (Å²) in [6.07, 6.45) is 2.22. The summed E-state index contributed by atoms with van der Waals surface area (Å²) in [6, 6.07) is 10.1. The Balaban J connectivity index is 2.14. The first-order valence-electron chi connectivity index (χ1n) is 10.9. The molecule has 0 bridgehead atoms. The van der Waals surface area contributed by atoms with E-state index in [1.54, 1.807) is 23.8 Å². The van der Waals surface area contributed by atoms with Crippen LogP contribution in [-0.2, 0) is 11.3 Å². The number of rotatable bonds is 5. The van der Waals surface area contributed by atoms with Crippen LogP contribution in [0.3, 0.4) is 0 Å². The Kier molecular flexibility index (Phi) is 6.36. The molecule has 0 unspecified atom stereocenters. The minimum atomic E-state index is -0.733. The minimum absolute atomic E-state index is 0.00638. The summed E-state index contributed by atoms with van der Waals surface area (Å²) in [6.45, 7) is 5.82. The van der Waals surface area contributed by atoms with Crippen LogP contribution in [0.5, 0.6) is 0 Å². The van der Waals surface area contributed by atoms with Crippen molar-refractivity contribution in [3.63, 3.8) is 0 Å². The van der Waals surface area contributed by atoms with Crippen molar-refractivity contribution in [2.75, 3.05) is 6.61 Å². The fourth-order valence-electron chi connectivity index (χ4n) is 3.78. The number of amides is 1. The molecule has 0 aliphatic carbocycles. The number of aromatic nitrogens is 3. The van der Waals surface area contributed by atoms with Crippen molar-refractivity contribution in [2.24, 2.45) is 4.99 Å². The average Bonchev–Trinajstić information content (AvgIpc) is 2.81. The number of esters is 1. The highest BCUT2D eigenvalue weighted by Crippen LogP contribution is 2.14. The summed E-state index contributed by atoms with van der Waals surface area (Å²) in [5, 5.41) is 0.191. The van der Waals surface area contributed by atoms with Crippen LogP contribution in [0.1, 0.15) is 46.5 Å². The number of hydrogen-bond donors (Lipinski definition) is 0. The van der Waals surface area contributed by atoms with Gasteiger partial charge in [-0.25, -0.2) is 14.2 Å². The molecule has 0 atom stereocenters. The van der Waals surface area contributed by atoms with E-state index in [4.69, 9.17) is 9.72 Å². The number of hydrogen-bond acceptors (Lipinski definition) is 5. The van der Waals surface area contributed by atoms with Crippen LogP contribution in [0.2, 0.25) is 0 Å². The number of benzene rings is 1. The number of carbonyl (C=O) groups excluding carboxylic acids is 2. The van der Waals surface area contributed by atoms with Crippen LogP contribution >= 0.6 is 0 Å². The first-order chi connectivity index (χ1) is 16.3. The second-order valence-electron chi connectivity index (χ2n) is 7.72. The van der Waals surface area contributed by atoms with Crippen molar-refractivity contribution in [1.82, 2.24) is 14.0 Å². The monoisotopic (exact) mass is 462 g/mol. The van der Waals surface area contributed by atoms with Gasteiger partial charge < -0.3 is 9.30 Å². The topological polar surface area (TPSA) is 95.0 Å². The van der Waals surface area contributed by atoms with Crippen molar-refractivity contribution in [1.29, 1.82) is 0 Å². The molecule has 8 nitrogen and oxygen atoms in total. The van der Waals surface area contributed by atoms with Gasteiger partial charge >= 0.3 is 5.97 Å². The van der Waals surface area contributed by atoms with Gasteiger partial charge in [-0.3, -0.25) is 14.0 Å². The molecule has 3 heterocycles. The van der Waals surface area contributed by atoms with Gasteiger partial charge in [0.1, 0.15) is 22.7 Å². The van der Waals surface area contributed by atoms with Crippen LogP contribution in [-0.4, -0.2) is 32.4 Å². The molecule has 0 fully saturated rings. The van der Waals surface area contributed by atoms with E-state index in [0.717, 1.165) is 11.6 Å². The van der Waals surface area contributed by atoms with Gasteiger partial charge in [-0.15, -0.1) is 0 Å². The normalized spacial score (nSPS) is 11.8. The molecule has 174 valence electrons. The van der Waals surface area contributed by atoms with Gasteiger partial charge in [0.25, 0.3) is 11.5 Å². The van der Waals surface area contributed by atoms with E-state index in [1.165, 1.54) is 28.7 Å². The van der Waals surface area contributed by atoms with Crippen LogP contribution in [0.4, 0.5) is 4.39 Å². The van der Waals surface area contributed by atoms with Crippen LogP contribution < -0.4 is 11.0 Å². The Morgan fingerprint density at radius 1 is 1.12 bits per heavy atom. The van der Waals surface area contributed by atoms with Gasteiger partial charge in [0, 0.05) is 18.3 Å². The van der Waals surface area contributed by atoms with E-state index >= 15 is 0 Å². The molecule has 4 aromatic rings. The number of ether oxygens (including phenoxy) is 1. The maximum atomic E-state index is 13.7. The molecule has 0 radical (unpaired) electrons. The predicted octanol–water partition coefficient (Wildman–Crippen LogP) is 3.42. The Morgan fingerprint density at radius 3 is 2.62 bits per heavy atom. The Labute approximate surface area is 194 Å². The summed E-state index contributed by atoms with van der Waals surface area (Å²) in [5.41, 5.74) is 1.16. The summed E-state index contributed by atoms with van der Waals surface area (Å²) in [5.74, 6) is -2.04. The standard InChI is InChI=1S/C25H23FN4O4/c1-4-11-29-21-18(24(32)30-12-7-8-15(3)20(30)27-21)14-19(25(33)34-5-2)22(29)28-23(31)16-9-6-10-17(26)13-16/h6-10,12-14H,4-5,11H2,1-3H3. The second-order valence-corrected chi connectivity index (χ2v) is 7.72. The van der Waals surface area contributed by atoms with E-state index in [0.29, 0.717) is 24.3 Å². The number of nitrogens with zero attached hydrogens (tertiary/aromatic N) is 4. The molecular formula is C25H23FN4O4. The number of fused-ring (bicyclic) bond motifs is 2. The fraction of sp³-hybridized carbons (Fsp3) is 0.240. The molecule has 0 saturated heterocycles. The lowest BCUT2D eigenvalue weighted by atomic mass is 10.2. The first kappa shape index (κ1) is 23.0. The fourth-order valence-corrected chi connectivity index (χ4v) is 3.78. The van der Waals surface area contributed by atoms with Crippen LogP contribution in [0, 0.1) is 12.7 Å². The van der Waals surface area contributed by atoms with Gasteiger partial charge in [0.15, 0.2) is 5.49 Å². The molecule has 0 aliphatic rings.